The van der Waals surface area contributed by atoms with Crippen molar-refractivity contribution in [3.8, 4) is 0 Å². The number of nitro benzene ring substituents is 1. The van der Waals surface area contributed by atoms with Gasteiger partial charge >= 0.3 is 0 Å². The lowest BCUT2D eigenvalue weighted by molar-refractivity contribution is -0.384. The normalized spacial score (nSPS) is 11.8. The summed E-state index contributed by atoms with van der Waals surface area (Å²) in [4.78, 5) is 38.8. The second-order valence-corrected chi connectivity index (χ2v) is 10.3. The van der Waals surface area contributed by atoms with Crippen LogP contribution in [0.2, 0.25) is 0 Å². The number of sulfonamides is 1. The molecule has 10 nitrogen and oxygen atoms in total. The molecule has 1 atom stereocenters. The van der Waals surface area contributed by atoms with Crippen molar-refractivity contribution in [2.45, 2.75) is 37.8 Å². The molecule has 200 valence electrons. The third-order valence-corrected chi connectivity index (χ3v) is 7.66. The molecule has 11 heteroatoms. The fraction of sp³-hybridized carbons (Fsp3) is 0.259. The largest absolute Gasteiger partial charge is 0.355 e. The molecule has 3 aromatic rings. The van der Waals surface area contributed by atoms with Gasteiger partial charge in [0.2, 0.25) is 11.8 Å². The lowest BCUT2D eigenvalue weighted by Crippen LogP contribution is -2.52. The molecule has 0 saturated heterocycles. The first-order chi connectivity index (χ1) is 18.2. The van der Waals surface area contributed by atoms with Crippen LogP contribution >= 0.6 is 0 Å². The first kappa shape index (κ1) is 28.3. The van der Waals surface area contributed by atoms with E-state index in [1.807, 2.05) is 18.2 Å². The summed E-state index contributed by atoms with van der Waals surface area (Å²) in [5.74, 6) is -0.981. The predicted molar refractivity (Wildman–Crippen MR) is 144 cm³/mol. The number of nitrogens with zero attached hydrogens (tertiary/aromatic N) is 3. The minimum atomic E-state index is -4.30. The number of non-ortho nitro benzene ring substituents is 1. The molecular formula is C27H30N4O6S. The van der Waals surface area contributed by atoms with Gasteiger partial charge in [-0.15, -0.1) is 0 Å². The Labute approximate surface area is 222 Å². The summed E-state index contributed by atoms with van der Waals surface area (Å²) >= 11 is 0. The molecule has 0 spiro atoms. The zero-order valence-corrected chi connectivity index (χ0v) is 22.0. The third-order valence-electron chi connectivity index (χ3n) is 5.87. The lowest BCUT2D eigenvalue weighted by atomic mass is 10.1. The minimum absolute atomic E-state index is 0.0397. The molecule has 1 N–H and O–H groups in total. The van der Waals surface area contributed by atoms with Crippen LogP contribution in [-0.4, -0.2) is 49.2 Å². The Kier molecular flexibility index (Phi) is 9.55. The Morgan fingerprint density at radius 1 is 0.947 bits per heavy atom. The number of likely N-dealkylation sites (N-methyl/N-ethyl adjacent to an activating group) is 1. The molecule has 0 bridgehead atoms. The monoisotopic (exact) mass is 538 g/mol. The number of hydrogen-bond acceptors (Lipinski definition) is 6. The van der Waals surface area contributed by atoms with Crippen molar-refractivity contribution >= 4 is 33.2 Å². The summed E-state index contributed by atoms with van der Waals surface area (Å²) in [6, 6.07) is 20.8. The van der Waals surface area contributed by atoms with Gasteiger partial charge in [-0.1, -0.05) is 61.5 Å². The molecule has 0 aliphatic rings. The molecule has 0 aromatic heterocycles. The van der Waals surface area contributed by atoms with Gasteiger partial charge in [0.25, 0.3) is 15.7 Å². The Balaban J connectivity index is 2.08. The van der Waals surface area contributed by atoms with E-state index in [1.54, 1.807) is 44.2 Å². The van der Waals surface area contributed by atoms with E-state index >= 15 is 0 Å². The molecule has 0 unspecified atom stereocenters. The topological polar surface area (TPSA) is 130 Å². The van der Waals surface area contributed by atoms with Gasteiger partial charge < -0.3 is 10.2 Å². The number of carbonyl (C=O) groups excluding carboxylic acids is 2. The average Bonchev–Trinajstić information content (AvgIpc) is 2.92. The number of nitrogens with one attached hydrogen (secondary N) is 1. The highest BCUT2D eigenvalue weighted by molar-refractivity contribution is 7.92. The molecular weight excluding hydrogens is 508 g/mol. The highest BCUT2D eigenvalue weighted by Crippen LogP contribution is 2.27. The Morgan fingerprint density at radius 2 is 1.58 bits per heavy atom. The van der Waals surface area contributed by atoms with Crippen LogP contribution in [0.25, 0.3) is 0 Å². The van der Waals surface area contributed by atoms with Gasteiger partial charge in [0, 0.05) is 25.2 Å². The third kappa shape index (κ3) is 6.74. The van der Waals surface area contributed by atoms with Gasteiger partial charge in [0.1, 0.15) is 12.6 Å². The molecule has 0 heterocycles. The van der Waals surface area contributed by atoms with E-state index in [0.717, 1.165) is 15.9 Å². The molecule has 0 fully saturated rings. The van der Waals surface area contributed by atoms with Gasteiger partial charge in [-0.2, -0.15) is 0 Å². The summed E-state index contributed by atoms with van der Waals surface area (Å²) in [6.45, 7) is 3.31. The molecule has 0 radical (unpaired) electrons. The van der Waals surface area contributed by atoms with Crippen LogP contribution in [0.5, 0.6) is 0 Å². The number of nitro groups is 1. The van der Waals surface area contributed by atoms with Crippen molar-refractivity contribution in [3.63, 3.8) is 0 Å². The van der Waals surface area contributed by atoms with E-state index in [0.29, 0.717) is 13.0 Å². The summed E-state index contributed by atoms with van der Waals surface area (Å²) in [7, 11) is -4.30. The van der Waals surface area contributed by atoms with Gasteiger partial charge in [0.05, 0.1) is 15.5 Å². The summed E-state index contributed by atoms with van der Waals surface area (Å²) < 4.78 is 28.3. The van der Waals surface area contributed by atoms with Crippen LogP contribution in [-0.2, 0) is 26.2 Å². The van der Waals surface area contributed by atoms with Crippen LogP contribution < -0.4 is 9.62 Å². The zero-order valence-electron chi connectivity index (χ0n) is 21.2. The molecule has 2 amide bonds. The van der Waals surface area contributed by atoms with Crippen molar-refractivity contribution < 1.29 is 22.9 Å². The van der Waals surface area contributed by atoms with E-state index < -0.39 is 33.4 Å². The number of hydrogen-bond donors (Lipinski definition) is 1. The second-order valence-electron chi connectivity index (χ2n) is 8.43. The average molecular weight is 539 g/mol. The fourth-order valence-corrected chi connectivity index (χ4v) is 5.43. The predicted octanol–water partition coefficient (Wildman–Crippen LogP) is 3.73. The van der Waals surface area contributed by atoms with Crippen molar-refractivity contribution in [3.05, 3.63) is 101 Å². The van der Waals surface area contributed by atoms with E-state index in [4.69, 9.17) is 0 Å². The quantitative estimate of drug-likeness (QED) is 0.276. The van der Waals surface area contributed by atoms with E-state index in [1.165, 1.54) is 35.2 Å². The summed E-state index contributed by atoms with van der Waals surface area (Å²) in [5.41, 5.74) is 0.400. The number of carbonyl (C=O) groups is 2. The maximum Gasteiger partial charge on any atom is 0.271 e. The summed E-state index contributed by atoms with van der Waals surface area (Å²) in [6.07, 6.45) is 0.298. The highest BCUT2D eigenvalue weighted by atomic mass is 32.2. The smallest absolute Gasteiger partial charge is 0.271 e. The van der Waals surface area contributed by atoms with Crippen LogP contribution in [0.3, 0.4) is 0 Å². The SMILES string of the molecule is CCNC(=O)[C@@H](CC)N(Cc1ccccc1)C(=O)CN(c1cccc([N+](=O)[O-])c1)S(=O)(=O)c1ccccc1. The molecule has 38 heavy (non-hydrogen) atoms. The number of benzene rings is 3. The number of anilines is 1. The zero-order chi connectivity index (χ0) is 27.7. The Hall–Kier alpha value is -4.25. The van der Waals surface area contributed by atoms with Crippen LogP contribution in [0.4, 0.5) is 11.4 Å². The molecule has 0 saturated carbocycles. The van der Waals surface area contributed by atoms with Gasteiger partial charge in [-0.3, -0.25) is 24.0 Å². The maximum atomic E-state index is 13.8. The molecule has 0 aliphatic carbocycles. The van der Waals surface area contributed by atoms with Crippen molar-refractivity contribution in [2.24, 2.45) is 0 Å². The van der Waals surface area contributed by atoms with Crippen LogP contribution in [0.1, 0.15) is 25.8 Å². The van der Waals surface area contributed by atoms with E-state index in [9.17, 15) is 28.1 Å². The molecule has 3 rings (SSSR count). The van der Waals surface area contributed by atoms with Crippen molar-refractivity contribution in [1.29, 1.82) is 0 Å². The first-order valence-corrected chi connectivity index (χ1v) is 13.6. The summed E-state index contributed by atoms with van der Waals surface area (Å²) in [5, 5.41) is 14.2. The molecule has 3 aromatic carbocycles. The second kappa shape index (κ2) is 12.8. The number of amides is 2. The fourth-order valence-electron chi connectivity index (χ4n) is 4.00. The lowest BCUT2D eigenvalue weighted by Gasteiger charge is -2.33. The van der Waals surface area contributed by atoms with Gasteiger partial charge in [-0.05, 0) is 37.1 Å². The van der Waals surface area contributed by atoms with Gasteiger partial charge in [0.15, 0.2) is 0 Å². The Morgan fingerprint density at radius 3 is 2.16 bits per heavy atom. The standard InChI is InChI=1S/C27H30N4O6S/c1-3-25(27(33)28-4-2)29(19-21-12-7-5-8-13-21)26(32)20-30(22-14-11-15-23(18-22)31(34)35)38(36,37)24-16-9-6-10-17-24/h5-18,25H,3-4,19-20H2,1-2H3,(H,28,33)/t25-/m1/s1. The Bertz CT molecular complexity index is 1370. The first-order valence-electron chi connectivity index (χ1n) is 12.1. The van der Waals surface area contributed by atoms with E-state index in [-0.39, 0.29) is 28.7 Å². The minimum Gasteiger partial charge on any atom is -0.355 e. The van der Waals surface area contributed by atoms with Crippen molar-refractivity contribution in [1.82, 2.24) is 10.2 Å². The highest BCUT2D eigenvalue weighted by Gasteiger charge is 2.33. The van der Waals surface area contributed by atoms with Crippen LogP contribution in [0.15, 0.2) is 89.8 Å². The maximum absolute atomic E-state index is 13.8. The van der Waals surface area contributed by atoms with Crippen LogP contribution in [0, 0.1) is 10.1 Å². The molecule has 0 aliphatic heterocycles. The van der Waals surface area contributed by atoms with Crippen molar-refractivity contribution in [2.75, 3.05) is 17.4 Å². The van der Waals surface area contributed by atoms with Gasteiger partial charge in [-0.25, -0.2) is 8.42 Å². The van der Waals surface area contributed by atoms with E-state index in [2.05, 4.69) is 5.32 Å². The number of rotatable bonds is 12.